The molecule has 1 aliphatic rings. The third-order valence-electron chi connectivity index (χ3n) is 3.14. The summed E-state index contributed by atoms with van der Waals surface area (Å²) >= 11 is 0. The van der Waals surface area contributed by atoms with E-state index < -0.39 is 23.8 Å². The number of carbonyl (C=O) groups is 2. The highest BCUT2D eigenvalue weighted by Gasteiger charge is 2.32. The summed E-state index contributed by atoms with van der Waals surface area (Å²) < 4.78 is 18.9. The molecule has 102 valence electrons. The van der Waals surface area contributed by atoms with Crippen molar-refractivity contribution in [3.63, 3.8) is 0 Å². The molecule has 0 spiro atoms. The first-order valence-corrected chi connectivity index (χ1v) is 5.95. The molecule has 5 nitrogen and oxygen atoms in total. The number of anilines is 1. The topological polar surface area (TPSA) is 75.6 Å². The molecule has 6 heteroatoms. The zero-order valence-electron chi connectivity index (χ0n) is 10.4. The summed E-state index contributed by atoms with van der Waals surface area (Å²) in [4.78, 5) is 22.9. The molecule has 0 aromatic heterocycles. The van der Waals surface area contributed by atoms with Gasteiger partial charge in [0.25, 0.3) is 5.91 Å². The fourth-order valence-electron chi connectivity index (χ4n) is 2.05. The van der Waals surface area contributed by atoms with Gasteiger partial charge in [-0.15, -0.1) is 0 Å². The Labute approximate surface area is 109 Å². The second-order valence-electron chi connectivity index (χ2n) is 4.51. The number of carbonyl (C=O) groups excluding carboxylic acids is 1. The molecule has 0 bridgehead atoms. The second kappa shape index (κ2) is 5.36. The van der Waals surface area contributed by atoms with Crippen LogP contribution in [0.2, 0.25) is 0 Å². The Bertz CT molecular complexity index is 517. The average molecular weight is 267 g/mol. The molecule has 1 heterocycles. The first-order valence-electron chi connectivity index (χ1n) is 5.95. The van der Waals surface area contributed by atoms with E-state index >= 15 is 0 Å². The van der Waals surface area contributed by atoms with Gasteiger partial charge in [-0.25, -0.2) is 9.18 Å². The van der Waals surface area contributed by atoms with E-state index in [1.165, 1.54) is 12.1 Å². The number of amides is 1. The molecule has 2 atom stereocenters. The molecule has 0 aliphatic carbocycles. The van der Waals surface area contributed by atoms with Gasteiger partial charge in [-0.1, -0.05) is 13.0 Å². The normalized spacial score (nSPS) is 22.2. The highest BCUT2D eigenvalue weighted by Crippen LogP contribution is 2.24. The number of hydrogen-bond donors (Lipinski definition) is 2. The Balaban J connectivity index is 2.23. The molecule has 0 radical (unpaired) electrons. The molecule has 1 aromatic carbocycles. The van der Waals surface area contributed by atoms with Crippen LogP contribution in [0, 0.1) is 11.7 Å². The molecule has 1 amide bonds. The van der Waals surface area contributed by atoms with Crippen molar-refractivity contribution in [2.45, 2.75) is 19.4 Å². The maximum atomic E-state index is 13.6. The predicted octanol–water partition coefficient (Wildman–Crippen LogP) is 1.89. The fraction of sp³-hybridized carbons (Fsp3) is 0.385. The number of carboxylic acids is 1. The van der Waals surface area contributed by atoms with Gasteiger partial charge in [0.05, 0.1) is 11.3 Å². The fourth-order valence-corrected chi connectivity index (χ4v) is 2.05. The number of hydrogen-bond acceptors (Lipinski definition) is 3. The lowest BCUT2D eigenvalue weighted by Crippen LogP contribution is -2.32. The van der Waals surface area contributed by atoms with Crippen molar-refractivity contribution < 1.29 is 23.8 Å². The van der Waals surface area contributed by atoms with Crippen LogP contribution in [0.3, 0.4) is 0 Å². The van der Waals surface area contributed by atoms with Crippen molar-refractivity contribution in [3.8, 4) is 0 Å². The molecule has 1 aliphatic heterocycles. The number of nitrogens with one attached hydrogen (secondary N) is 1. The van der Waals surface area contributed by atoms with E-state index in [1.807, 2.05) is 6.92 Å². The lowest BCUT2D eigenvalue weighted by Gasteiger charge is -2.16. The summed E-state index contributed by atoms with van der Waals surface area (Å²) in [7, 11) is 0. The number of rotatable bonds is 3. The highest BCUT2D eigenvalue weighted by atomic mass is 19.1. The van der Waals surface area contributed by atoms with E-state index in [0.29, 0.717) is 6.61 Å². The van der Waals surface area contributed by atoms with Gasteiger partial charge in [0.2, 0.25) is 0 Å². The molecule has 2 unspecified atom stereocenters. The average Bonchev–Trinajstić information content (AvgIpc) is 2.77. The minimum absolute atomic E-state index is 0.0278. The summed E-state index contributed by atoms with van der Waals surface area (Å²) in [5.41, 5.74) is -0.596. The van der Waals surface area contributed by atoms with Crippen LogP contribution in [0.5, 0.6) is 0 Å². The van der Waals surface area contributed by atoms with Gasteiger partial charge in [-0.3, -0.25) is 4.79 Å². The van der Waals surface area contributed by atoms with E-state index in [0.717, 1.165) is 12.5 Å². The van der Waals surface area contributed by atoms with Crippen LogP contribution in [0.4, 0.5) is 10.1 Å². The van der Waals surface area contributed by atoms with Gasteiger partial charge in [0.15, 0.2) is 0 Å². The summed E-state index contributed by atoms with van der Waals surface area (Å²) in [6.45, 7) is 2.33. The summed E-state index contributed by atoms with van der Waals surface area (Å²) in [5.74, 6) is -2.56. The highest BCUT2D eigenvalue weighted by molar-refractivity contribution is 6.02. The van der Waals surface area contributed by atoms with Crippen LogP contribution >= 0.6 is 0 Å². The zero-order valence-corrected chi connectivity index (χ0v) is 10.4. The van der Waals surface area contributed by atoms with Gasteiger partial charge < -0.3 is 15.2 Å². The van der Waals surface area contributed by atoms with Crippen LogP contribution in [0.1, 0.15) is 23.7 Å². The summed E-state index contributed by atoms with van der Waals surface area (Å²) in [5, 5.41) is 11.3. The maximum absolute atomic E-state index is 13.6. The Morgan fingerprint density at radius 1 is 1.47 bits per heavy atom. The lowest BCUT2D eigenvalue weighted by atomic mass is 10.0. The minimum Gasteiger partial charge on any atom is -0.478 e. The molecule has 1 aromatic rings. The smallest absolute Gasteiger partial charge is 0.337 e. The van der Waals surface area contributed by atoms with Crippen LogP contribution in [0.25, 0.3) is 0 Å². The number of carboxylic acid groups (broad SMARTS) is 1. The summed E-state index contributed by atoms with van der Waals surface area (Å²) in [6, 6.07) is 3.62. The van der Waals surface area contributed by atoms with E-state index in [1.54, 1.807) is 0 Å². The quantitative estimate of drug-likeness (QED) is 0.876. The van der Waals surface area contributed by atoms with Crippen LogP contribution in [-0.4, -0.2) is 29.7 Å². The Morgan fingerprint density at radius 2 is 2.21 bits per heavy atom. The molecule has 2 N–H and O–H groups in total. The van der Waals surface area contributed by atoms with Crippen molar-refractivity contribution in [3.05, 3.63) is 29.6 Å². The first-order chi connectivity index (χ1) is 9.00. The van der Waals surface area contributed by atoms with Gasteiger partial charge >= 0.3 is 5.97 Å². The number of aromatic carboxylic acids is 1. The van der Waals surface area contributed by atoms with Crippen LogP contribution < -0.4 is 5.32 Å². The van der Waals surface area contributed by atoms with Crippen molar-refractivity contribution in [2.24, 2.45) is 5.92 Å². The molecule has 0 saturated carbocycles. The SMILES string of the molecule is CC1CCOC1C(=O)Nc1c(F)cccc1C(=O)O. The Kier molecular flexibility index (Phi) is 3.80. The number of halogens is 1. The molecular formula is C13H14FNO4. The van der Waals surface area contributed by atoms with Gasteiger partial charge in [0, 0.05) is 6.61 Å². The molecule has 1 saturated heterocycles. The Morgan fingerprint density at radius 3 is 2.79 bits per heavy atom. The number of benzene rings is 1. The third-order valence-corrected chi connectivity index (χ3v) is 3.14. The zero-order chi connectivity index (χ0) is 14.0. The van der Waals surface area contributed by atoms with Crippen molar-refractivity contribution in [2.75, 3.05) is 11.9 Å². The standard InChI is InChI=1S/C13H14FNO4/c1-7-5-6-19-11(7)12(16)15-10-8(13(17)18)3-2-4-9(10)14/h2-4,7,11H,5-6H2,1H3,(H,15,16)(H,17,18). The minimum atomic E-state index is -1.30. The third kappa shape index (κ3) is 2.73. The van der Waals surface area contributed by atoms with E-state index in [4.69, 9.17) is 9.84 Å². The molecule has 19 heavy (non-hydrogen) atoms. The lowest BCUT2D eigenvalue weighted by molar-refractivity contribution is -0.126. The van der Waals surface area contributed by atoms with Gasteiger partial charge in [-0.2, -0.15) is 0 Å². The van der Waals surface area contributed by atoms with Crippen molar-refractivity contribution >= 4 is 17.6 Å². The van der Waals surface area contributed by atoms with Crippen LogP contribution in [0.15, 0.2) is 18.2 Å². The van der Waals surface area contributed by atoms with Crippen molar-refractivity contribution in [1.29, 1.82) is 0 Å². The van der Waals surface area contributed by atoms with Crippen molar-refractivity contribution in [1.82, 2.24) is 0 Å². The van der Waals surface area contributed by atoms with Crippen LogP contribution in [-0.2, 0) is 9.53 Å². The van der Waals surface area contributed by atoms with Gasteiger partial charge in [0.1, 0.15) is 11.9 Å². The predicted molar refractivity (Wildman–Crippen MR) is 65.5 cm³/mol. The van der Waals surface area contributed by atoms with Gasteiger partial charge in [-0.05, 0) is 24.5 Å². The number of para-hydroxylation sites is 1. The molecule has 1 fully saturated rings. The molecular weight excluding hydrogens is 253 g/mol. The first kappa shape index (κ1) is 13.5. The largest absolute Gasteiger partial charge is 0.478 e. The Hall–Kier alpha value is -1.95. The van der Waals surface area contributed by atoms with E-state index in [9.17, 15) is 14.0 Å². The van der Waals surface area contributed by atoms with E-state index in [-0.39, 0.29) is 17.2 Å². The monoisotopic (exact) mass is 267 g/mol. The second-order valence-corrected chi connectivity index (χ2v) is 4.51. The van der Waals surface area contributed by atoms with E-state index in [2.05, 4.69) is 5.32 Å². The molecule has 2 rings (SSSR count). The number of ether oxygens (including phenoxy) is 1. The summed E-state index contributed by atoms with van der Waals surface area (Å²) in [6.07, 6.45) is 0.0856. The maximum Gasteiger partial charge on any atom is 0.337 e.